The van der Waals surface area contributed by atoms with E-state index in [0.717, 1.165) is 36.9 Å². The minimum absolute atomic E-state index is 0.0883. The maximum Gasteiger partial charge on any atom is 0.268 e. The van der Waals surface area contributed by atoms with E-state index < -0.39 is 0 Å². The van der Waals surface area contributed by atoms with Crippen LogP contribution in [0.1, 0.15) is 63.5 Å². The van der Waals surface area contributed by atoms with Gasteiger partial charge in [0.15, 0.2) is 0 Å². The van der Waals surface area contributed by atoms with Crippen LogP contribution in [0.15, 0.2) is 47.6 Å². The van der Waals surface area contributed by atoms with Crippen molar-refractivity contribution in [3.05, 3.63) is 63.1 Å². The molecule has 1 fully saturated rings. The van der Waals surface area contributed by atoms with Gasteiger partial charge in [-0.05, 0) is 48.7 Å². The molecule has 7 heteroatoms. The van der Waals surface area contributed by atoms with E-state index in [2.05, 4.69) is 5.32 Å². The lowest BCUT2D eigenvalue weighted by Crippen LogP contribution is -2.41. The van der Waals surface area contributed by atoms with E-state index in [1.54, 1.807) is 12.1 Å². The van der Waals surface area contributed by atoms with Gasteiger partial charge in [0.25, 0.3) is 5.91 Å². The first-order valence-corrected chi connectivity index (χ1v) is 12.5. The fraction of sp³-hybridized carbons (Fsp3) is 0.440. The molecule has 0 aromatic heterocycles. The highest BCUT2D eigenvalue weighted by Gasteiger charge is 2.40. The molecule has 2 unspecified atom stereocenters. The van der Waals surface area contributed by atoms with Crippen molar-refractivity contribution in [2.75, 3.05) is 5.01 Å². The summed E-state index contributed by atoms with van der Waals surface area (Å²) in [4.78, 5) is 13.3. The van der Waals surface area contributed by atoms with E-state index in [4.69, 9.17) is 39.9 Å². The third-order valence-corrected chi connectivity index (χ3v) is 7.21. The number of benzene rings is 2. The molecular formula is C25H28Cl3N3O. The third-order valence-electron chi connectivity index (χ3n) is 6.42. The topological polar surface area (TPSA) is 44.7 Å². The summed E-state index contributed by atoms with van der Waals surface area (Å²) >= 11 is 18.8. The molecular weight excluding hydrogens is 465 g/mol. The Morgan fingerprint density at radius 2 is 1.56 bits per heavy atom. The van der Waals surface area contributed by atoms with Crippen molar-refractivity contribution in [1.29, 1.82) is 0 Å². The Morgan fingerprint density at radius 1 is 0.938 bits per heavy atom. The largest absolute Gasteiger partial charge is 0.348 e. The highest BCUT2D eigenvalue weighted by molar-refractivity contribution is 6.41. The molecule has 32 heavy (non-hydrogen) atoms. The summed E-state index contributed by atoms with van der Waals surface area (Å²) in [6, 6.07) is 13.0. The number of hydrogen-bond donors (Lipinski definition) is 1. The van der Waals surface area contributed by atoms with E-state index in [0.29, 0.717) is 20.8 Å². The second-order valence-electron chi connectivity index (χ2n) is 8.73. The fourth-order valence-corrected chi connectivity index (χ4v) is 5.32. The normalized spacial score (nSPS) is 22.2. The third kappa shape index (κ3) is 5.24. The van der Waals surface area contributed by atoms with E-state index in [-0.39, 0.29) is 23.9 Å². The fourth-order valence-electron chi connectivity index (χ4n) is 4.70. The van der Waals surface area contributed by atoms with Crippen molar-refractivity contribution in [3.8, 4) is 0 Å². The number of nitrogens with zero attached hydrogens (tertiary/aromatic N) is 2. The highest BCUT2D eigenvalue weighted by Crippen LogP contribution is 2.42. The van der Waals surface area contributed by atoms with Gasteiger partial charge in [0.2, 0.25) is 0 Å². The van der Waals surface area contributed by atoms with Gasteiger partial charge in [0.05, 0.1) is 16.8 Å². The smallest absolute Gasteiger partial charge is 0.268 e. The molecule has 2 atom stereocenters. The first kappa shape index (κ1) is 23.4. The molecule has 2 aromatic rings. The van der Waals surface area contributed by atoms with Crippen molar-refractivity contribution >= 4 is 52.1 Å². The molecule has 1 aliphatic heterocycles. The van der Waals surface area contributed by atoms with E-state index in [1.807, 2.05) is 42.3 Å². The zero-order valence-electron chi connectivity index (χ0n) is 18.2. The molecule has 170 valence electrons. The van der Waals surface area contributed by atoms with Crippen molar-refractivity contribution in [2.45, 2.75) is 64.0 Å². The van der Waals surface area contributed by atoms with Crippen molar-refractivity contribution in [2.24, 2.45) is 11.0 Å². The molecule has 2 aliphatic rings. The summed E-state index contributed by atoms with van der Waals surface area (Å²) in [5.41, 5.74) is 2.26. The Labute approximate surface area is 204 Å². The van der Waals surface area contributed by atoms with Crippen LogP contribution >= 0.6 is 34.8 Å². The van der Waals surface area contributed by atoms with Crippen LogP contribution in [-0.4, -0.2) is 17.7 Å². The van der Waals surface area contributed by atoms with Crippen LogP contribution in [0.25, 0.3) is 0 Å². The van der Waals surface area contributed by atoms with Gasteiger partial charge < -0.3 is 5.32 Å². The zero-order chi connectivity index (χ0) is 22.7. The molecule has 1 aliphatic carbocycles. The quantitative estimate of drug-likeness (QED) is 0.482. The molecule has 1 saturated carbocycles. The molecule has 0 spiro atoms. The van der Waals surface area contributed by atoms with Gasteiger partial charge >= 0.3 is 0 Å². The summed E-state index contributed by atoms with van der Waals surface area (Å²) < 4.78 is 0. The van der Waals surface area contributed by atoms with Crippen LogP contribution in [0.4, 0.5) is 5.69 Å². The van der Waals surface area contributed by atoms with Crippen LogP contribution in [0.5, 0.6) is 0 Å². The number of hydrogen-bond acceptors (Lipinski definition) is 3. The van der Waals surface area contributed by atoms with Gasteiger partial charge in [-0.25, -0.2) is 0 Å². The van der Waals surface area contributed by atoms with Crippen molar-refractivity contribution in [1.82, 2.24) is 5.32 Å². The van der Waals surface area contributed by atoms with Crippen molar-refractivity contribution in [3.63, 3.8) is 0 Å². The molecule has 4 nitrogen and oxygen atoms in total. The second-order valence-corrected chi connectivity index (χ2v) is 10.0. The number of nitrogens with one attached hydrogen (secondary N) is 1. The zero-order valence-corrected chi connectivity index (χ0v) is 20.4. The summed E-state index contributed by atoms with van der Waals surface area (Å²) in [7, 11) is 0. The summed E-state index contributed by atoms with van der Waals surface area (Å²) in [6.45, 7) is 2.04. The number of carbonyl (C=O) groups excluding carboxylic acids is 1. The summed E-state index contributed by atoms with van der Waals surface area (Å²) in [6.07, 6.45) is 8.15. The molecule has 0 radical (unpaired) electrons. The van der Waals surface area contributed by atoms with Crippen LogP contribution in [0, 0.1) is 5.92 Å². The molecule has 0 saturated heterocycles. The van der Waals surface area contributed by atoms with Crippen LogP contribution in [0.2, 0.25) is 15.1 Å². The summed E-state index contributed by atoms with van der Waals surface area (Å²) in [5, 5.41) is 11.6. The predicted octanol–water partition coefficient (Wildman–Crippen LogP) is 7.43. The number of hydrazone groups is 1. The number of anilines is 1. The minimum Gasteiger partial charge on any atom is -0.348 e. The standard InChI is InChI=1S/C25H28Cl3N3O/c1-16-23(25(32)29-20-7-5-3-2-4-6-8-20)30-31(22-14-13-19(27)15-21(22)28)24(16)17-9-11-18(26)12-10-17/h9-16,20,24H,2-8H2,1H3,(H,29,32). The van der Waals surface area contributed by atoms with E-state index in [1.165, 1.54) is 19.3 Å². The van der Waals surface area contributed by atoms with Gasteiger partial charge in [-0.1, -0.05) is 86.0 Å². The number of amides is 1. The molecule has 4 rings (SSSR count). The maximum atomic E-state index is 13.3. The average Bonchev–Trinajstić information content (AvgIpc) is 3.07. The van der Waals surface area contributed by atoms with Gasteiger partial charge in [0.1, 0.15) is 5.71 Å². The van der Waals surface area contributed by atoms with Crippen LogP contribution in [0.3, 0.4) is 0 Å². The minimum atomic E-state index is -0.177. The molecule has 1 amide bonds. The van der Waals surface area contributed by atoms with Gasteiger partial charge in [-0.2, -0.15) is 5.10 Å². The van der Waals surface area contributed by atoms with Crippen molar-refractivity contribution < 1.29 is 4.79 Å². The molecule has 1 N–H and O–H groups in total. The lowest BCUT2D eigenvalue weighted by molar-refractivity contribution is -0.115. The Balaban J connectivity index is 1.64. The SMILES string of the molecule is CC1C(C(=O)NC2CCCCCCC2)=NN(c2ccc(Cl)cc2Cl)C1c1ccc(Cl)cc1. The lowest BCUT2D eigenvalue weighted by Gasteiger charge is -2.27. The summed E-state index contributed by atoms with van der Waals surface area (Å²) in [5.74, 6) is -0.217. The second kappa shape index (κ2) is 10.5. The maximum absolute atomic E-state index is 13.3. The average molecular weight is 493 g/mol. The van der Waals surface area contributed by atoms with Crippen LogP contribution < -0.4 is 10.3 Å². The number of rotatable bonds is 4. The lowest BCUT2D eigenvalue weighted by atomic mass is 9.90. The predicted molar refractivity (Wildman–Crippen MR) is 134 cm³/mol. The molecule has 1 heterocycles. The highest BCUT2D eigenvalue weighted by atomic mass is 35.5. The first-order valence-electron chi connectivity index (χ1n) is 11.3. The molecule has 2 aromatic carbocycles. The Morgan fingerprint density at radius 3 is 2.22 bits per heavy atom. The van der Waals surface area contributed by atoms with Gasteiger partial charge in [0, 0.05) is 22.0 Å². The number of carbonyl (C=O) groups is 1. The Kier molecular flexibility index (Phi) is 7.65. The number of halogens is 3. The van der Waals surface area contributed by atoms with E-state index in [9.17, 15) is 4.79 Å². The monoisotopic (exact) mass is 491 g/mol. The van der Waals surface area contributed by atoms with Crippen LogP contribution in [-0.2, 0) is 4.79 Å². The van der Waals surface area contributed by atoms with Gasteiger partial charge in [-0.3, -0.25) is 9.80 Å². The Hall–Kier alpha value is -1.75. The molecule has 0 bridgehead atoms. The Bertz CT molecular complexity index is 984. The first-order chi connectivity index (χ1) is 15.4. The van der Waals surface area contributed by atoms with E-state index >= 15 is 0 Å². The van der Waals surface area contributed by atoms with Gasteiger partial charge in [-0.15, -0.1) is 0 Å².